The average Bonchev–Trinajstić information content (AvgIpc) is 3.17. The maximum atomic E-state index is 12.7. The van der Waals surface area contributed by atoms with Crippen LogP contribution in [-0.2, 0) is 4.79 Å². The van der Waals surface area contributed by atoms with Gasteiger partial charge in [0, 0.05) is 33.4 Å². The molecule has 164 valence electrons. The monoisotopic (exact) mass is 469 g/mol. The lowest BCUT2D eigenvalue weighted by Crippen LogP contribution is -2.23. The first kappa shape index (κ1) is 21.9. The van der Waals surface area contributed by atoms with Crippen molar-refractivity contribution in [1.29, 1.82) is 0 Å². The van der Waals surface area contributed by atoms with E-state index in [0.717, 1.165) is 21.8 Å². The second-order valence-corrected chi connectivity index (χ2v) is 8.63. The number of halogens is 1. The molecule has 0 saturated carbocycles. The van der Waals surface area contributed by atoms with Crippen molar-refractivity contribution in [2.75, 3.05) is 19.0 Å². The quantitative estimate of drug-likeness (QED) is 0.426. The molecule has 1 aromatic heterocycles. The Morgan fingerprint density at radius 1 is 1.31 bits per heavy atom. The van der Waals surface area contributed by atoms with Crippen LogP contribution < -0.4 is 14.8 Å². The van der Waals surface area contributed by atoms with Gasteiger partial charge >= 0.3 is 5.97 Å². The third-order valence-electron chi connectivity index (χ3n) is 5.18. The normalized spacial score (nSPS) is 14.9. The molecule has 0 aliphatic carbocycles. The van der Waals surface area contributed by atoms with Crippen LogP contribution in [0.3, 0.4) is 0 Å². The van der Waals surface area contributed by atoms with Crippen LogP contribution >= 0.6 is 22.9 Å². The second kappa shape index (κ2) is 9.06. The van der Waals surface area contributed by atoms with E-state index in [0.29, 0.717) is 33.3 Å². The summed E-state index contributed by atoms with van der Waals surface area (Å²) < 4.78 is 11.4. The molecule has 2 heterocycles. The molecule has 2 N–H and O–H groups in total. The van der Waals surface area contributed by atoms with Crippen LogP contribution in [-0.4, -0.2) is 30.7 Å². The lowest BCUT2D eigenvalue weighted by molar-refractivity contribution is -0.116. The maximum absolute atomic E-state index is 12.7. The number of benzene rings is 2. The second-order valence-electron chi connectivity index (χ2n) is 7.14. The average molecular weight is 470 g/mol. The van der Waals surface area contributed by atoms with Crippen molar-refractivity contribution in [3.05, 3.63) is 75.5 Å². The Kier molecular flexibility index (Phi) is 6.21. The van der Waals surface area contributed by atoms with E-state index in [4.69, 9.17) is 21.1 Å². The van der Waals surface area contributed by atoms with Crippen LogP contribution in [0.15, 0.2) is 55.1 Å². The molecular weight excluding hydrogens is 450 g/mol. The number of rotatable bonds is 7. The zero-order valence-electron chi connectivity index (χ0n) is 17.2. The molecule has 3 aromatic rings. The van der Waals surface area contributed by atoms with Crippen molar-refractivity contribution in [1.82, 2.24) is 0 Å². The highest BCUT2D eigenvalue weighted by molar-refractivity contribution is 7.15. The van der Waals surface area contributed by atoms with Crippen LogP contribution in [0.2, 0.25) is 5.02 Å². The Hall–Kier alpha value is -3.29. The lowest BCUT2D eigenvalue weighted by atomic mass is 9.88. The van der Waals surface area contributed by atoms with E-state index in [2.05, 4.69) is 11.9 Å². The summed E-state index contributed by atoms with van der Waals surface area (Å²) >= 11 is 7.17. The van der Waals surface area contributed by atoms with Gasteiger partial charge < -0.3 is 19.9 Å². The Morgan fingerprint density at radius 2 is 2.06 bits per heavy atom. The van der Waals surface area contributed by atoms with Crippen LogP contribution in [0.5, 0.6) is 11.5 Å². The SMILES string of the molecule is C=CCOc1c(OC)cccc1[C@@H]1CC(=O)Nc2c1sc(C(=O)O)c2-c1ccc(Cl)cc1. The van der Waals surface area contributed by atoms with Gasteiger partial charge in [0.1, 0.15) is 11.5 Å². The third-order valence-corrected chi connectivity index (χ3v) is 6.73. The number of carboxylic acids is 1. The molecule has 0 saturated heterocycles. The van der Waals surface area contributed by atoms with Crippen molar-refractivity contribution in [3.8, 4) is 22.6 Å². The van der Waals surface area contributed by atoms with E-state index in [1.807, 2.05) is 12.1 Å². The fourth-order valence-electron chi connectivity index (χ4n) is 3.85. The molecule has 0 unspecified atom stereocenters. The van der Waals surface area contributed by atoms with Crippen LogP contribution in [0, 0.1) is 0 Å². The Labute approximate surface area is 194 Å². The summed E-state index contributed by atoms with van der Waals surface area (Å²) in [6.07, 6.45) is 1.78. The Morgan fingerprint density at radius 3 is 2.72 bits per heavy atom. The molecule has 0 bridgehead atoms. The zero-order valence-corrected chi connectivity index (χ0v) is 18.8. The standard InChI is InChI=1S/C24H20ClNO5S/c1-3-11-31-21-15(5-4-6-17(21)30-2)16-12-18(27)26-20-19(13-7-9-14(25)10-8-13)23(24(28)29)32-22(16)20/h3-10,16H,1,11-12H2,2H3,(H,26,27)(H,28,29)/t16-/m0/s1. The van der Waals surface area contributed by atoms with Crippen LogP contribution in [0.1, 0.15) is 32.5 Å². The molecule has 32 heavy (non-hydrogen) atoms. The number of anilines is 1. The first-order valence-corrected chi connectivity index (χ1v) is 11.0. The number of hydrogen-bond acceptors (Lipinski definition) is 5. The number of ether oxygens (including phenoxy) is 2. The van der Waals surface area contributed by atoms with Gasteiger partial charge in [-0.05, 0) is 23.8 Å². The number of nitrogens with one attached hydrogen (secondary N) is 1. The number of thiophene rings is 1. The minimum atomic E-state index is -1.06. The highest BCUT2D eigenvalue weighted by atomic mass is 35.5. The van der Waals surface area contributed by atoms with Crippen LogP contribution in [0.4, 0.5) is 5.69 Å². The fraction of sp³-hybridized carbons (Fsp3) is 0.167. The molecule has 1 aliphatic rings. The van der Waals surface area contributed by atoms with E-state index in [9.17, 15) is 14.7 Å². The van der Waals surface area contributed by atoms with Gasteiger partial charge in [-0.2, -0.15) is 0 Å². The van der Waals surface area contributed by atoms with Crippen molar-refractivity contribution in [2.45, 2.75) is 12.3 Å². The van der Waals surface area contributed by atoms with Crippen molar-refractivity contribution < 1.29 is 24.2 Å². The molecule has 6 nitrogen and oxygen atoms in total. The molecule has 4 rings (SSSR count). The van der Waals surface area contributed by atoms with Gasteiger partial charge in [0.05, 0.1) is 12.8 Å². The summed E-state index contributed by atoms with van der Waals surface area (Å²) in [5.74, 6) is -0.609. The van der Waals surface area contributed by atoms with Gasteiger partial charge in [0.25, 0.3) is 0 Å². The third kappa shape index (κ3) is 3.97. The molecule has 1 amide bonds. The number of fused-ring (bicyclic) bond motifs is 1. The van der Waals surface area contributed by atoms with E-state index < -0.39 is 11.9 Å². The largest absolute Gasteiger partial charge is 0.493 e. The molecule has 0 spiro atoms. The summed E-state index contributed by atoms with van der Waals surface area (Å²) in [7, 11) is 1.55. The molecule has 0 radical (unpaired) electrons. The molecule has 8 heteroatoms. The minimum absolute atomic E-state index is 0.154. The van der Waals surface area contributed by atoms with E-state index in [-0.39, 0.29) is 23.8 Å². The predicted molar refractivity (Wildman–Crippen MR) is 126 cm³/mol. The number of hydrogen-bond donors (Lipinski definition) is 2. The number of methoxy groups -OCH3 is 1. The number of aromatic carboxylic acids is 1. The highest BCUT2D eigenvalue weighted by Gasteiger charge is 2.36. The Bertz CT molecular complexity index is 1200. The topological polar surface area (TPSA) is 84.9 Å². The number of para-hydroxylation sites is 1. The van der Waals surface area contributed by atoms with Crippen molar-refractivity contribution >= 4 is 40.5 Å². The Balaban J connectivity index is 1.93. The minimum Gasteiger partial charge on any atom is -0.493 e. The van der Waals surface area contributed by atoms with Gasteiger partial charge in [-0.1, -0.05) is 48.5 Å². The fourth-order valence-corrected chi connectivity index (χ4v) is 5.21. The number of carbonyl (C=O) groups excluding carboxylic acids is 1. The van der Waals surface area contributed by atoms with Crippen LogP contribution in [0.25, 0.3) is 11.1 Å². The van der Waals surface area contributed by atoms with Crippen molar-refractivity contribution in [2.24, 2.45) is 0 Å². The van der Waals surface area contributed by atoms with Gasteiger partial charge in [0.15, 0.2) is 11.5 Å². The molecule has 2 aromatic carbocycles. The highest BCUT2D eigenvalue weighted by Crippen LogP contribution is 2.51. The van der Waals surface area contributed by atoms with E-state index in [1.165, 1.54) is 0 Å². The number of carbonyl (C=O) groups is 2. The summed E-state index contributed by atoms with van der Waals surface area (Å²) in [6, 6.07) is 12.4. The van der Waals surface area contributed by atoms with Gasteiger partial charge in [0.2, 0.25) is 5.91 Å². The van der Waals surface area contributed by atoms with Gasteiger partial charge in [-0.25, -0.2) is 4.79 Å². The van der Waals surface area contributed by atoms with E-state index in [1.54, 1.807) is 43.5 Å². The lowest BCUT2D eigenvalue weighted by Gasteiger charge is -2.26. The summed E-state index contributed by atoms with van der Waals surface area (Å²) in [4.78, 5) is 25.8. The molecular formula is C24H20ClNO5S. The zero-order chi connectivity index (χ0) is 22.8. The van der Waals surface area contributed by atoms with E-state index >= 15 is 0 Å². The molecule has 1 atom stereocenters. The molecule has 1 aliphatic heterocycles. The maximum Gasteiger partial charge on any atom is 0.346 e. The van der Waals surface area contributed by atoms with Gasteiger partial charge in [-0.15, -0.1) is 11.3 Å². The first-order valence-electron chi connectivity index (χ1n) is 9.81. The van der Waals surface area contributed by atoms with Crippen molar-refractivity contribution in [3.63, 3.8) is 0 Å². The predicted octanol–water partition coefficient (Wildman–Crippen LogP) is 5.81. The summed E-state index contributed by atoms with van der Waals surface area (Å²) in [5.41, 5.74) is 2.40. The van der Waals surface area contributed by atoms with Gasteiger partial charge in [-0.3, -0.25) is 4.79 Å². The summed E-state index contributed by atoms with van der Waals surface area (Å²) in [5, 5.41) is 13.4. The number of amides is 1. The number of carboxylic acid groups (broad SMARTS) is 1. The molecule has 0 fully saturated rings. The summed E-state index contributed by atoms with van der Waals surface area (Å²) in [6.45, 7) is 3.96. The smallest absolute Gasteiger partial charge is 0.346 e. The first-order chi connectivity index (χ1) is 15.4.